The molecule has 4 nitrogen and oxygen atoms in total. The Balaban J connectivity index is 2.40. The van der Waals surface area contributed by atoms with E-state index < -0.39 is 0 Å². The first-order valence-corrected chi connectivity index (χ1v) is 7.48. The van der Waals surface area contributed by atoms with E-state index in [1.165, 1.54) is 0 Å². The molecule has 4 heteroatoms. The van der Waals surface area contributed by atoms with E-state index in [4.69, 9.17) is 4.74 Å². The first-order valence-electron chi connectivity index (χ1n) is 7.48. The second-order valence-corrected chi connectivity index (χ2v) is 5.70. The van der Waals surface area contributed by atoms with Crippen molar-refractivity contribution in [3.8, 4) is 5.69 Å². The highest BCUT2D eigenvalue weighted by molar-refractivity contribution is 5.33. The third-order valence-corrected chi connectivity index (χ3v) is 3.79. The number of para-hydroxylation sites is 1. The molecule has 1 heterocycles. The lowest BCUT2D eigenvalue weighted by Gasteiger charge is -2.34. The number of hydrogen-bond donors (Lipinski definition) is 1. The SMILES string of the molecule is CCCNC(c1ccnn1-c1ccccc1)C(C)(C)OC. The number of hydrogen-bond acceptors (Lipinski definition) is 3. The average Bonchev–Trinajstić information content (AvgIpc) is 2.97. The molecule has 21 heavy (non-hydrogen) atoms. The van der Waals surface area contributed by atoms with E-state index in [1.54, 1.807) is 7.11 Å². The summed E-state index contributed by atoms with van der Waals surface area (Å²) >= 11 is 0. The first-order chi connectivity index (χ1) is 10.1. The third kappa shape index (κ3) is 3.52. The van der Waals surface area contributed by atoms with E-state index >= 15 is 0 Å². The number of ether oxygens (including phenoxy) is 1. The van der Waals surface area contributed by atoms with Gasteiger partial charge >= 0.3 is 0 Å². The van der Waals surface area contributed by atoms with Crippen LogP contribution in [-0.2, 0) is 4.74 Å². The van der Waals surface area contributed by atoms with Crippen molar-refractivity contribution in [2.24, 2.45) is 0 Å². The van der Waals surface area contributed by atoms with E-state index in [0.29, 0.717) is 0 Å². The zero-order valence-electron chi connectivity index (χ0n) is 13.3. The van der Waals surface area contributed by atoms with Crippen molar-refractivity contribution < 1.29 is 4.74 Å². The topological polar surface area (TPSA) is 39.1 Å². The molecule has 0 saturated carbocycles. The molecule has 0 radical (unpaired) electrons. The quantitative estimate of drug-likeness (QED) is 0.849. The molecular formula is C17H25N3O. The van der Waals surface area contributed by atoms with Crippen LogP contribution in [-0.4, -0.2) is 29.0 Å². The van der Waals surface area contributed by atoms with Crippen molar-refractivity contribution in [1.29, 1.82) is 0 Å². The summed E-state index contributed by atoms with van der Waals surface area (Å²) in [5.74, 6) is 0. The molecule has 0 saturated heterocycles. The molecule has 0 fully saturated rings. The van der Waals surface area contributed by atoms with Gasteiger partial charge in [0.25, 0.3) is 0 Å². The van der Waals surface area contributed by atoms with E-state index in [9.17, 15) is 0 Å². The lowest BCUT2D eigenvalue weighted by atomic mass is 9.95. The summed E-state index contributed by atoms with van der Waals surface area (Å²) in [7, 11) is 1.75. The Morgan fingerprint density at radius 2 is 1.95 bits per heavy atom. The molecule has 1 N–H and O–H groups in total. The number of methoxy groups -OCH3 is 1. The van der Waals surface area contributed by atoms with Crippen LogP contribution in [0, 0.1) is 0 Å². The molecule has 1 atom stereocenters. The number of nitrogens with zero attached hydrogens (tertiary/aromatic N) is 2. The lowest BCUT2D eigenvalue weighted by molar-refractivity contribution is -0.0128. The van der Waals surface area contributed by atoms with Gasteiger partial charge in [0.15, 0.2) is 0 Å². The van der Waals surface area contributed by atoms with E-state index in [-0.39, 0.29) is 11.6 Å². The maximum Gasteiger partial charge on any atom is 0.0832 e. The molecule has 114 valence electrons. The van der Waals surface area contributed by atoms with Gasteiger partial charge in [-0.25, -0.2) is 4.68 Å². The van der Waals surface area contributed by atoms with Gasteiger partial charge in [0, 0.05) is 13.3 Å². The Labute approximate surface area is 127 Å². The second-order valence-electron chi connectivity index (χ2n) is 5.70. The smallest absolute Gasteiger partial charge is 0.0832 e. The van der Waals surface area contributed by atoms with Crippen LogP contribution in [0.4, 0.5) is 0 Å². The van der Waals surface area contributed by atoms with Crippen LogP contribution in [0.2, 0.25) is 0 Å². The molecule has 2 aromatic rings. The molecular weight excluding hydrogens is 262 g/mol. The summed E-state index contributed by atoms with van der Waals surface area (Å²) in [5.41, 5.74) is 1.86. The average molecular weight is 287 g/mol. The Morgan fingerprint density at radius 3 is 2.57 bits per heavy atom. The summed E-state index contributed by atoms with van der Waals surface area (Å²) in [4.78, 5) is 0. The van der Waals surface area contributed by atoms with Gasteiger partial charge in [0.2, 0.25) is 0 Å². The van der Waals surface area contributed by atoms with Crippen LogP contribution in [0.1, 0.15) is 38.9 Å². The minimum Gasteiger partial charge on any atom is -0.377 e. The van der Waals surface area contributed by atoms with Gasteiger partial charge in [0.05, 0.1) is 23.0 Å². The van der Waals surface area contributed by atoms with Gasteiger partial charge in [0.1, 0.15) is 0 Å². The summed E-state index contributed by atoms with van der Waals surface area (Å²) in [5, 5.41) is 8.07. The highest BCUT2D eigenvalue weighted by Gasteiger charge is 2.32. The third-order valence-electron chi connectivity index (χ3n) is 3.79. The van der Waals surface area contributed by atoms with Crippen molar-refractivity contribution in [2.75, 3.05) is 13.7 Å². The van der Waals surface area contributed by atoms with Crippen molar-refractivity contribution in [2.45, 2.75) is 38.8 Å². The second kappa shape index (κ2) is 6.87. The van der Waals surface area contributed by atoms with Crippen LogP contribution >= 0.6 is 0 Å². The Hall–Kier alpha value is -1.65. The molecule has 0 aliphatic rings. The molecule has 1 aromatic heterocycles. The van der Waals surface area contributed by atoms with Crippen LogP contribution < -0.4 is 5.32 Å². The highest BCUT2D eigenvalue weighted by Crippen LogP contribution is 2.29. The van der Waals surface area contributed by atoms with Gasteiger partial charge in [-0.3, -0.25) is 0 Å². The summed E-state index contributed by atoms with van der Waals surface area (Å²) in [6.45, 7) is 7.31. The van der Waals surface area contributed by atoms with Gasteiger partial charge < -0.3 is 10.1 Å². The van der Waals surface area contributed by atoms with Gasteiger partial charge in [-0.1, -0.05) is 25.1 Å². The van der Waals surface area contributed by atoms with E-state index in [0.717, 1.165) is 24.3 Å². The minimum absolute atomic E-state index is 0.0742. The van der Waals surface area contributed by atoms with Crippen LogP contribution in [0.15, 0.2) is 42.6 Å². The Kier molecular flexibility index (Phi) is 5.15. The van der Waals surface area contributed by atoms with Crippen LogP contribution in [0.25, 0.3) is 5.69 Å². The van der Waals surface area contributed by atoms with Gasteiger partial charge in [-0.2, -0.15) is 5.10 Å². The zero-order valence-corrected chi connectivity index (χ0v) is 13.3. The number of rotatable bonds is 7. The van der Waals surface area contributed by atoms with Crippen molar-refractivity contribution in [3.63, 3.8) is 0 Å². The van der Waals surface area contributed by atoms with Crippen molar-refractivity contribution in [3.05, 3.63) is 48.3 Å². The maximum atomic E-state index is 5.71. The molecule has 2 rings (SSSR count). The highest BCUT2D eigenvalue weighted by atomic mass is 16.5. The molecule has 0 amide bonds. The fourth-order valence-corrected chi connectivity index (χ4v) is 2.43. The zero-order chi connectivity index (χ0) is 15.3. The van der Waals surface area contributed by atoms with Gasteiger partial charge in [-0.15, -0.1) is 0 Å². The summed E-state index contributed by atoms with van der Waals surface area (Å²) < 4.78 is 7.69. The largest absolute Gasteiger partial charge is 0.377 e. The Morgan fingerprint density at radius 1 is 1.24 bits per heavy atom. The van der Waals surface area contributed by atoms with Crippen molar-refractivity contribution in [1.82, 2.24) is 15.1 Å². The molecule has 0 aliphatic heterocycles. The molecule has 1 unspecified atom stereocenters. The number of benzene rings is 1. The number of nitrogens with one attached hydrogen (secondary N) is 1. The summed E-state index contributed by atoms with van der Waals surface area (Å²) in [6.07, 6.45) is 2.92. The van der Waals surface area contributed by atoms with E-state index in [1.807, 2.05) is 29.1 Å². The fourth-order valence-electron chi connectivity index (χ4n) is 2.43. The normalized spacial score (nSPS) is 13.3. The fraction of sp³-hybridized carbons (Fsp3) is 0.471. The lowest BCUT2D eigenvalue weighted by Crippen LogP contribution is -2.42. The molecule has 0 aliphatic carbocycles. The predicted molar refractivity (Wildman–Crippen MR) is 85.7 cm³/mol. The monoisotopic (exact) mass is 287 g/mol. The van der Waals surface area contributed by atoms with Crippen molar-refractivity contribution >= 4 is 0 Å². The Bertz CT molecular complexity index is 548. The van der Waals surface area contributed by atoms with Crippen LogP contribution in [0.3, 0.4) is 0 Å². The van der Waals surface area contributed by atoms with E-state index in [2.05, 4.69) is 49.4 Å². The van der Waals surface area contributed by atoms with Gasteiger partial charge in [-0.05, 0) is 45.0 Å². The molecule has 1 aromatic carbocycles. The first kappa shape index (κ1) is 15.7. The standard InChI is InChI=1S/C17H25N3O/c1-5-12-18-16(17(2,3)21-4)15-11-13-19-20(15)14-9-7-6-8-10-14/h6-11,13,16,18H,5,12H2,1-4H3. The predicted octanol–water partition coefficient (Wildman–Crippen LogP) is 3.34. The van der Waals surface area contributed by atoms with Crippen LogP contribution in [0.5, 0.6) is 0 Å². The molecule has 0 bridgehead atoms. The maximum absolute atomic E-state index is 5.71. The number of aromatic nitrogens is 2. The molecule has 0 spiro atoms. The summed E-state index contributed by atoms with van der Waals surface area (Å²) in [6, 6.07) is 12.3. The minimum atomic E-state index is -0.318.